The van der Waals surface area contributed by atoms with E-state index in [9.17, 15) is 8.42 Å². The van der Waals surface area contributed by atoms with Crippen LogP contribution < -0.4 is 4.72 Å². The minimum Gasteiger partial charge on any atom is -0.215 e. The highest BCUT2D eigenvalue weighted by atomic mass is 35.5. The summed E-state index contributed by atoms with van der Waals surface area (Å²) in [7, 11) is -3.34. The van der Waals surface area contributed by atoms with Gasteiger partial charge in [0.15, 0.2) is 0 Å². The van der Waals surface area contributed by atoms with Crippen LogP contribution in [0.1, 0.15) is 19.4 Å². The summed E-state index contributed by atoms with van der Waals surface area (Å²) in [5.74, 6) is 0.140. The van der Waals surface area contributed by atoms with Gasteiger partial charge in [-0.05, 0) is 23.6 Å². The zero-order chi connectivity index (χ0) is 13.1. The third-order valence-electron chi connectivity index (χ3n) is 2.07. The summed E-state index contributed by atoms with van der Waals surface area (Å²) in [5.41, 5.74) is 0.548. The van der Waals surface area contributed by atoms with Gasteiger partial charge in [0, 0.05) is 16.6 Å². The lowest BCUT2D eigenvalue weighted by Gasteiger charge is -2.09. The molecule has 1 N–H and O–H groups in total. The summed E-state index contributed by atoms with van der Waals surface area (Å²) >= 11 is 11.7. The summed E-state index contributed by atoms with van der Waals surface area (Å²) in [4.78, 5) is 0. The predicted molar refractivity (Wildman–Crippen MR) is 71.9 cm³/mol. The largest absolute Gasteiger partial charge is 0.215 e. The minimum absolute atomic E-state index is 0.129. The smallest absolute Gasteiger partial charge is 0.215 e. The molecule has 0 unspecified atom stereocenters. The summed E-state index contributed by atoms with van der Waals surface area (Å²) in [6, 6.07) is 4.79. The summed E-state index contributed by atoms with van der Waals surface area (Å²) < 4.78 is 26.0. The lowest BCUT2D eigenvalue weighted by atomic mass is 10.2. The highest BCUT2D eigenvalue weighted by Gasteiger charge is 2.14. The van der Waals surface area contributed by atoms with Crippen molar-refractivity contribution in [1.29, 1.82) is 0 Å². The van der Waals surface area contributed by atoms with E-state index in [1.807, 2.05) is 13.8 Å². The van der Waals surface area contributed by atoms with Gasteiger partial charge in [0.05, 0.1) is 5.75 Å². The second-order valence-electron chi connectivity index (χ2n) is 4.24. The van der Waals surface area contributed by atoms with Gasteiger partial charge in [-0.25, -0.2) is 13.1 Å². The fourth-order valence-electron chi connectivity index (χ4n) is 1.19. The fourth-order valence-corrected chi connectivity index (χ4v) is 3.09. The van der Waals surface area contributed by atoms with Crippen molar-refractivity contribution in [2.75, 3.05) is 6.54 Å². The Morgan fingerprint density at radius 2 is 1.94 bits per heavy atom. The van der Waals surface area contributed by atoms with E-state index in [1.54, 1.807) is 12.1 Å². The Hall–Kier alpha value is -0.290. The molecule has 0 saturated heterocycles. The van der Waals surface area contributed by atoms with Gasteiger partial charge >= 0.3 is 0 Å². The van der Waals surface area contributed by atoms with Crippen molar-refractivity contribution >= 4 is 33.2 Å². The van der Waals surface area contributed by atoms with Gasteiger partial charge in [0.25, 0.3) is 0 Å². The maximum atomic E-state index is 11.7. The molecule has 0 aliphatic rings. The molecule has 0 fully saturated rings. The van der Waals surface area contributed by atoms with Crippen molar-refractivity contribution in [3.8, 4) is 0 Å². The molecule has 0 spiro atoms. The monoisotopic (exact) mass is 295 g/mol. The molecule has 0 saturated carbocycles. The molecule has 17 heavy (non-hydrogen) atoms. The van der Waals surface area contributed by atoms with Crippen LogP contribution in [0.5, 0.6) is 0 Å². The number of sulfonamides is 1. The van der Waals surface area contributed by atoms with Crippen molar-refractivity contribution in [2.45, 2.75) is 19.6 Å². The molecule has 0 amide bonds. The summed E-state index contributed by atoms with van der Waals surface area (Å²) in [5, 5.41) is 0.860. The highest BCUT2D eigenvalue weighted by molar-refractivity contribution is 7.88. The van der Waals surface area contributed by atoms with Crippen molar-refractivity contribution in [3.63, 3.8) is 0 Å². The van der Waals surface area contributed by atoms with Gasteiger partial charge in [0.2, 0.25) is 10.0 Å². The van der Waals surface area contributed by atoms with Crippen LogP contribution in [-0.2, 0) is 15.8 Å². The third-order valence-corrected chi connectivity index (χ3v) is 3.96. The lowest BCUT2D eigenvalue weighted by molar-refractivity contribution is 0.559. The van der Waals surface area contributed by atoms with E-state index >= 15 is 0 Å². The molecule has 0 bridgehead atoms. The molecule has 0 aliphatic carbocycles. The van der Waals surface area contributed by atoms with Crippen LogP contribution in [-0.4, -0.2) is 15.0 Å². The van der Waals surface area contributed by atoms with E-state index in [0.717, 1.165) is 0 Å². The van der Waals surface area contributed by atoms with Crippen LogP contribution in [0.2, 0.25) is 10.0 Å². The molecule has 1 aromatic carbocycles. The van der Waals surface area contributed by atoms with Crippen LogP contribution in [0.3, 0.4) is 0 Å². The Morgan fingerprint density at radius 1 is 1.29 bits per heavy atom. The average molecular weight is 296 g/mol. The zero-order valence-electron chi connectivity index (χ0n) is 9.70. The van der Waals surface area contributed by atoms with E-state index in [-0.39, 0.29) is 11.7 Å². The first-order valence-corrected chi connectivity index (χ1v) is 7.62. The van der Waals surface area contributed by atoms with Crippen LogP contribution in [0, 0.1) is 5.92 Å². The quantitative estimate of drug-likeness (QED) is 0.907. The van der Waals surface area contributed by atoms with Crippen molar-refractivity contribution in [1.82, 2.24) is 4.72 Å². The third kappa shape index (κ3) is 5.25. The number of halogens is 2. The molecule has 0 heterocycles. The van der Waals surface area contributed by atoms with Crippen LogP contribution >= 0.6 is 23.2 Å². The van der Waals surface area contributed by atoms with Crippen molar-refractivity contribution < 1.29 is 8.42 Å². The normalized spacial score (nSPS) is 12.1. The molecule has 6 heteroatoms. The van der Waals surface area contributed by atoms with Gasteiger partial charge in [-0.1, -0.05) is 43.1 Å². The molecular weight excluding hydrogens is 281 g/mol. The number of rotatable bonds is 5. The van der Waals surface area contributed by atoms with Gasteiger partial charge in [-0.3, -0.25) is 0 Å². The first-order chi connectivity index (χ1) is 7.80. The zero-order valence-corrected chi connectivity index (χ0v) is 12.0. The Kier molecular flexibility index (Phi) is 5.25. The molecule has 3 nitrogen and oxygen atoms in total. The molecular formula is C11H15Cl2NO2S. The number of nitrogens with one attached hydrogen (secondary N) is 1. The number of hydrogen-bond donors (Lipinski definition) is 1. The maximum Gasteiger partial charge on any atom is 0.215 e. The van der Waals surface area contributed by atoms with Crippen LogP contribution in [0.25, 0.3) is 0 Å². The summed E-state index contributed by atoms with van der Waals surface area (Å²) in [6.45, 7) is 4.31. The Morgan fingerprint density at radius 3 is 2.47 bits per heavy atom. The SMILES string of the molecule is CC(C)CNS(=O)(=O)Cc1ccc(Cl)cc1Cl. The van der Waals surface area contributed by atoms with E-state index in [4.69, 9.17) is 23.2 Å². The second kappa shape index (κ2) is 6.05. The first-order valence-electron chi connectivity index (χ1n) is 5.21. The lowest BCUT2D eigenvalue weighted by Crippen LogP contribution is -2.28. The molecule has 0 atom stereocenters. The number of benzene rings is 1. The predicted octanol–water partition coefficient (Wildman–Crippen LogP) is 3.07. The minimum atomic E-state index is -3.34. The van der Waals surface area contributed by atoms with Crippen LogP contribution in [0.15, 0.2) is 18.2 Å². The Labute approximate surface area is 112 Å². The summed E-state index contributed by atoms with van der Waals surface area (Å²) in [6.07, 6.45) is 0. The van der Waals surface area contributed by atoms with E-state index in [2.05, 4.69) is 4.72 Å². The number of hydrogen-bond acceptors (Lipinski definition) is 2. The molecule has 1 aromatic rings. The Bertz CT molecular complexity index is 486. The Balaban J connectivity index is 2.76. The van der Waals surface area contributed by atoms with Crippen molar-refractivity contribution in [2.24, 2.45) is 5.92 Å². The molecule has 96 valence electrons. The van der Waals surface area contributed by atoms with Crippen LogP contribution in [0.4, 0.5) is 0 Å². The molecule has 0 aliphatic heterocycles. The standard InChI is InChI=1S/C11H15Cl2NO2S/c1-8(2)6-14-17(15,16)7-9-3-4-10(12)5-11(9)13/h3-5,8,14H,6-7H2,1-2H3. The van der Waals surface area contributed by atoms with Gasteiger partial charge in [-0.15, -0.1) is 0 Å². The van der Waals surface area contributed by atoms with E-state index < -0.39 is 10.0 Å². The van der Waals surface area contributed by atoms with Gasteiger partial charge < -0.3 is 0 Å². The maximum absolute atomic E-state index is 11.7. The van der Waals surface area contributed by atoms with E-state index in [0.29, 0.717) is 22.2 Å². The fraction of sp³-hybridized carbons (Fsp3) is 0.455. The van der Waals surface area contributed by atoms with Crippen molar-refractivity contribution in [3.05, 3.63) is 33.8 Å². The highest BCUT2D eigenvalue weighted by Crippen LogP contribution is 2.22. The van der Waals surface area contributed by atoms with Gasteiger partial charge in [0.1, 0.15) is 0 Å². The van der Waals surface area contributed by atoms with Gasteiger partial charge in [-0.2, -0.15) is 0 Å². The molecule has 0 aromatic heterocycles. The average Bonchev–Trinajstić information content (AvgIpc) is 2.20. The first kappa shape index (κ1) is 14.8. The molecule has 0 radical (unpaired) electrons. The second-order valence-corrected chi connectivity index (χ2v) is 6.89. The molecule has 1 rings (SSSR count). The topological polar surface area (TPSA) is 46.2 Å². The van der Waals surface area contributed by atoms with E-state index in [1.165, 1.54) is 6.07 Å².